The Morgan fingerprint density at radius 1 is 0.962 bits per heavy atom. The van der Waals surface area contributed by atoms with Crippen molar-refractivity contribution in [2.45, 2.75) is 172 Å². The molecule has 0 aliphatic carbocycles. The van der Waals surface area contributed by atoms with E-state index in [1.807, 2.05) is 25.9 Å². The molecule has 0 amide bonds. The van der Waals surface area contributed by atoms with Crippen LogP contribution in [0.5, 0.6) is 0 Å². The monoisotopic (exact) mass is 747 g/mol. The number of nitrogens with zero attached hydrogens (tertiary/aromatic N) is 1. The highest BCUT2D eigenvalue weighted by Crippen LogP contribution is 2.47. The first-order chi connectivity index (χ1) is 23.9. The molecule has 15 nitrogen and oxygen atoms in total. The van der Waals surface area contributed by atoms with Crippen LogP contribution in [0.2, 0.25) is 0 Å². The normalized spacial score (nSPS) is 51.5. The van der Waals surface area contributed by atoms with Crippen molar-refractivity contribution < 1.29 is 68.3 Å². The number of ether oxygens (including phenoxy) is 7. The Bertz CT molecular complexity index is 1250. The summed E-state index contributed by atoms with van der Waals surface area (Å²) in [5.41, 5.74) is -5.03. The highest BCUT2D eigenvalue weighted by molar-refractivity contribution is 5.83. The van der Waals surface area contributed by atoms with Gasteiger partial charge >= 0.3 is 5.97 Å². The molecule has 4 fully saturated rings. The minimum atomic E-state index is -2.03. The van der Waals surface area contributed by atoms with Crippen LogP contribution in [0, 0.1) is 23.7 Å². The van der Waals surface area contributed by atoms with Gasteiger partial charge in [0.05, 0.1) is 49.1 Å². The minimum absolute atomic E-state index is 0.0939. The summed E-state index contributed by atoms with van der Waals surface area (Å²) in [4.78, 5) is 30.0. The van der Waals surface area contributed by atoms with Crippen molar-refractivity contribution in [2.75, 3.05) is 27.8 Å². The second-order valence-electron chi connectivity index (χ2n) is 16.8. The number of esters is 1. The number of aliphatic hydroxyl groups excluding tert-OH is 3. The Kier molecular flexibility index (Phi) is 13.4. The van der Waals surface area contributed by atoms with Gasteiger partial charge in [-0.15, -0.1) is 0 Å². The van der Waals surface area contributed by atoms with Crippen LogP contribution in [-0.4, -0.2) is 154 Å². The van der Waals surface area contributed by atoms with Crippen LogP contribution in [0.25, 0.3) is 0 Å². The third kappa shape index (κ3) is 8.41. The summed E-state index contributed by atoms with van der Waals surface area (Å²) in [6.45, 7) is 14.3. The number of cyclic esters (lactones) is 1. The number of carbonyl (C=O) groups is 2. The largest absolute Gasteiger partial charge is 0.459 e. The fraction of sp³-hybridized carbons (Fsp3) is 0.946. The average Bonchev–Trinajstić information content (AvgIpc) is 3.07. The summed E-state index contributed by atoms with van der Waals surface area (Å²) in [6, 6.07) is -0.338. The van der Waals surface area contributed by atoms with Crippen molar-refractivity contribution in [1.82, 2.24) is 4.90 Å². The summed E-state index contributed by atoms with van der Waals surface area (Å²) in [5, 5.41) is 57.9. The van der Waals surface area contributed by atoms with Gasteiger partial charge in [0.1, 0.15) is 41.2 Å². The molecule has 0 radical (unpaired) electrons. The molecule has 52 heavy (non-hydrogen) atoms. The molecule has 1 spiro atoms. The maximum Gasteiger partial charge on any atom is 0.314 e. The molecule has 0 aromatic carbocycles. The predicted molar refractivity (Wildman–Crippen MR) is 185 cm³/mol. The first-order valence-corrected chi connectivity index (χ1v) is 18.7. The van der Waals surface area contributed by atoms with Crippen molar-refractivity contribution in [1.29, 1.82) is 0 Å². The number of hydrogen-bond donors (Lipinski definition) is 5. The number of Topliss-reactive ketones (excluding diaryl/α,β-unsaturated/α-hetero) is 1. The molecule has 4 heterocycles. The third-order valence-electron chi connectivity index (χ3n) is 12.1. The SMILES string of the molecule is CC[C@@H]1OC(=O)[C@@H]2CO[C@]3(C[C@](C)(OC)[C@H](O)[C@H](C)O3)O[C@@H]2[C@@H](C)[C@H](O[C@@H]2O[C@H](C)C[C@H](N(C)C)[C@@H]2O)[C@](C)(O)C[C@H](C)C(=O)[C@H](C)[C@@H](O)[C@]1(C)O. The predicted octanol–water partition coefficient (Wildman–Crippen LogP) is 1.12. The molecular formula is C37H65NO14. The summed E-state index contributed by atoms with van der Waals surface area (Å²) in [6.07, 6.45) is -9.39. The number of methoxy groups -OCH3 is 1. The fourth-order valence-corrected chi connectivity index (χ4v) is 8.87. The first kappa shape index (κ1) is 43.4. The molecular weight excluding hydrogens is 682 g/mol. The third-order valence-corrected chi connectivity index (χ3v) is 12.1. The van der Waals surface area contributed by atoms with Gasteiger partial charge in [-0.3, -0.25) is 9.59 Å². The maximum atomic E-state index is 14.2. The summed E-state index contributed by atoms with van der Waals surface area (Å²) < 4.78 is 43.5. The molecule has 0 aromatic heterocycles. The van der Waals surface area contributed by atoms with E-state index in [2.05, 4.69) is 0 Å². The van der Waals surface area contributed by atoms with Crippen molar-refractivity contribution in [3.05, 3.63) is 0 Å². The van der Waals surface area contributed by atoms with Gasteiger partial charge in [0.15, 0.2) is 6.29 Å². The molecule has 0 bridgehead atoms. The lowest BCUT2D eigenvalue weighted by molar-refractivity contribution is -0.474. The quantitative estimate of drug-likeness (QED) is 0.250. The zero-order chi connectivity index (χ0) is 39.3. The van der Waals surface area contributed by atoms with Crippen molar-refractivity contribution >= 4 is 11.8 Å². The Morgan fingerprint density at radius 2 is 1.60 bits per heavy atom. The van der Waals surface area contributed by atoms with Crippen LogP contribution in [0.3, 0.4) is 0 Å². The Balaban J connectivity index is 1.86. The highest BCUT2D eigenvalue weighted by atomic mass is 16.9. The lowest BCUT2D eigenvalue weighted by atomic mass is 9.73. The van der Waals surface area contributed by atoms with Crippen LogP contribution in [0.15, 0.2) is 0 Å². The van der Waals surface area contributed by atoms with Gasteiger partial charge in [-0.2, -0.15) is 0 Å². The van der Waals surface area contributed by atoms with E-state index in [9.17, 15) is 35.1 Å². The Labute approximate surface area is 308 Å². The van der Waals surface area contributed by atoms with Gasteiger partial charge in [-0.1, -0.05) is 27.7 Å². The topological polar surface area (TPSA) is 203 Å². The van der Waals surface area contributed by atoms with Crippen LogP contribution < -0.4 is 0 Å². The maximum absolute atomic E-state index is 14.2. The summed E-state index contributed by atoms with van der Waals surface area (Å²) in [5.74, 6) is -7.05. The summed E-state index contributed by atoms with van der Waals surface area (Å²) >= 11 is 0. The van der Waals surface area contributed by atoms with Crippen LogP contribution in [0.1, 0.15) is 88.0 Å². The number of hydrogen-bond acceptors (Lipinski definition) is 15. The lowest BCUT2D eigenvalue weighted by Gasteiger charge is -2.55. The molecule has 4 aliphatic rings. The molecule has 302 valence electrons. The van der Waals surface area contributed by atoms with Crippen LogP contribution >= 0.6 is 0 Å². The molecule has 0 unspecified atom stereocenters. The molecule has 15 heteroatoms. The molecule has 0 aromatic rings. The van der Waals surface area contributed by atoms with Crippen LogP contribution in [-0.2, 0) is 42.7 Å². The standard InChI is InChI=1S/C37H65NO14/c1-13-25-36(9,45)29(41)20(4)26(39)18(2)15-34(7,44)31(50-33-27(40)24(38(10)11)14-19(3)48-33)21(5)28-23(32(43)49-25)16-47-37(52-28)17-35(8,46-12)30(42)22(6)51-37/h18-25,27-31,33,40-42,44-45H,13-17H2,1-12H3/t18-,19+,20-,21+,22-,23+,24-,25-,27-,28+,29+,30+,31-,33-,34+,35-,36+,37-/m0/s1. The average molecular weight is 748 g/mol. The fourth-order valence-electron chi connectivity index (χ4n) is 8.87. The molecule has 0 saturated carbocycles. The van der Waals surface area contributed by atoms with E-state index in [0.717, 1.165) is 0 Å². The number of likely N-dealkylation sites (N-methyl/N-ethyl adjacent to an activating group) is 1. The van der Waals surface area contributed by atoms with Crippen LogP contribution in [0.4, 0.5) is 0 Å². The van der Waals surface area contributed by atoms with E-state index in [1.165, 1.54) is 27.9 Å². The van der Waals surface area contributed by atoms with E-state index in [1.54, 1.807) is 34.6 Å². The van der Waals surface area contributed by atoms with Crippen molar-refractivity contribution in [3.63, 3.8) is 0 Å². The second-order valence-corrected chi connectivity index (χ2v) is 16.8. The number of carbonyl (C=O) groups excluding carboxylic acids is 2. The number of fused-ring (bicyclic) bond motifs is 1. The van der Waals surface area contributed by atoms with Gasteiger partial charge in [0, 0.05) is 30.9 Å². The second kappa shape index (κ2) is 16.0. The zero-order valence-corrected chi connectivity index (χ0v) is 33.0. The highest BCUT2D eigenvalue weighted by Gasteiger charge is 2.61. The van der Waals surface area contributed by atoms with E-state index in [-0.39, 0.29) is 38.0 Å². The first-order valence-electron chi connectivity index (χ1n) is 18.7. The van der Waals surface area contributed by atoms with Crippen molar-refractivity contribution in [3.8, 4) is 0 Å². The van der Waals surface area contributed by atoms with E-state index in [4.69, 9.17) is 33.2 Å². The molecule has 4 aliphatic heterocycles. The van der Waals surface area contributed by atoms with Crippen molar-refractivity contribution in [2.24, 2.45) is 23.7 Å². The van der Waals surface area contributed by atoms with Gasteiger partial charge in [-0.25, -0.2) is 0 Å². The molecule has 4 rings (SSSR count). The molecule has 5 N–H and O–H groups in total. The number of aliphatic hydroxyl groups is 5. The number of rotatable bonds is 5. The minimum Gasteiger partial charge on any atom is -0.459 e. The van der Waals surface area contributed by atoms with E-state index < -0.39 is 107 Å². The van der Waals surface area contributed by atoms with Gasteiger partial charge < -0.3 is 63.6 Å². The Hall–Kier alpha value is -1.34. The van der Waals surface area contributed by atoms with Gasteiger partial charge in [-0.05, 0) is 68.0 Å². The molecule has 4 saturated heterocycles. The van der Waals surface area contributed by atoms with Gasteiger partial charge in [0.2, 0.25) is 0 Å². The smallest absolute Gasteiger partial charge is 0.314 e. The zero-order valence-electron chi connectivity index (χ0n) is 33.0. The Morgan fingerprint density at radius 3 is 2.17 bits per heavy atom. The van der Waals surface area contributed by atoms with E-state index >= 15 is 0 Å². The van der Waals surface area contributed by atoms with E-state index in [0.29, 0.717) is 6.42 Å². The lowest BCUT2D eigenvalue weighted by Crippen LogP contribution is -2.67. The summed E-state index contributed by atoms with van der Waals surface area (Å²) in [7, 11) is 5.14. The number of ketones is 1. The van der Waals surface area contributed by atoms with Gasteiger partial charge in [0.25, 0.3) is 5.97 Å². The molecule has 18 atom stereocenters.